The lowest BCUT2D eigenvalue weighted by Crippen LogP contribution is -2.42. The summed E-state index contributed by atoms with van der Waals surface area (Å²) in [6.07, 6.45) is 6.50. The van der Waals surface area contributed by atoms with Crippen molar-refractivity contribution in [1.29, 1.82) is 0 Å². The second-order valence-electron chi connectivity index (χ2n) is 6.14. The van der Waals surface area contributed by atoms with Crippen molar-refractivity contribution in [1.82, 2.24) is 14.8 Å². The summed E-state index contributed by atoms with van der Waals surface area (Å²) in [5.74, 6) is 0.588. The van der Waals surface area contributed by atoms with Crippen LogP contribution in [-0.2, 0) is 4.79 Å². The molecule has 1 amide bonds. The molecule has 126 valence electrons. The predicted molar refractivity (Wildman–Crippen MR) is 84.3 cm³/mol. The van der Waals surface area contributed by atoms with Crippen molar-refractivity contribution >= 4 is 12.4 Å². The highest BCUT2D eigenvalue weighted by molar-refractivity contribution is 5.94. The molecular weight excluding hydrogens is 298 g/mol. The molecule has 0 unspecified atom stereocenters. The van der Waals surface area contributed by atoms with E-state index >= 15 is 0 Å². The van der Waals surface area contributed by atoms with Gasteiger partial charge in [0.1, 0.15) is 5.75 Å². The van der Waals surface area contributed by atoms with Crippen molar-refractivity contribution < 1.29 is 19.8 Å². The van der Waals surface area contributed by atoms with Crippen LogP contribution in [0.5, 0.6) is 5.75 Å². The topological polar surface area (TPSA) is 94.0 Å². The van der Waals surface area contributed by atoms with Crippen LogP contribution in [0.2, 0.25) is 0 Å². The van der Waals surface area contributed by atoms with Gasteiger partial charge in [-0.2, -0.15) is 0 Å². The largest absolute Gasteiger partial charge is 0.506 e. The number of hydrogen-bond donors (Lipinski definition) is 2. The van der Waals surface area contributed by atoms with E-state index in [1.165, 1.54) is 31.3 Å². The number of carbonyl (C=O) groups excluding carboxylic acids is 1. The summed E-state index contributed by atoms with van der Waals surface area (Å²) in [5.41, 5.74) is 0.479. The van der Waals surface area contributed by atoms with E-state index in [0.717, 1.165) is 26.1 Å². The smallest absolute Gasteiger partial charge is 0.290 e. The number of likely N-dealkylation sites (N-methyl/N-ethyl adjacent to an activating group) is 1. The highest BCUT2D eigenvalue weighted by Crippen LogP contribution is 2.26. The summed E-state index contributed by atoms with van der Waals surface area (Å²) in [7, 11) is 2.16. The Morgan fingerprint density at radius 3 is 2.74 bits per heavy atom. The Balaban J connectivity index is 0.000000595. The summed E-state index contributed by atoms with van der Waals surface area (Å²) < 4.78 is 0. The van der Waals surface area contributed by atoms with E-state index < -0.39 is 0 Å². The van der Waals surface area contributed by atoms with Gasteiger partial charge in [0.05, 0.1) is 11.8 Å². The van der Waals surface area contributed by atoms with Crippen LogP contribution in [0, 0.1) is 5.92 Å². The van der Waals surface area contributed by atoms with Gasteiger partial charge in [-0.05, 0) is 31.9 Å². The lowest BCUT2D eigenvalue weighted by atomic mass is 9.99. The molecule has 0 saturated carbocycles. The minimum Gasteiger partial charge on any atom is -0.506 e. The molecule has 0 spiro atoms. The van der Waals surface area contributed by atoms with Gasteiger partial charge in [0, 0.05) is 31.9 Å². The maximum absolute atomic E-state index is 12.6. The van der Waals surface area contributed by atoms with Crippen molar-refractivity contribution in [2.45, 2.75) is 25.3 Å². The lowest BCUT2D eigenvalue weighted by molar-refractivity contribution is -0.122. The second kappa shape index (κ2) is 7.92. The Hall–Kier alpha value is -2.15. The fraction of sp³-hybridized carbons (Fsp3) is 0.562. The number of nitrogens with zero attached hydrogens (tertiary/aromatic N) is 3. The molecule has 2 N–H and O–H groups in total. The number of hydrogen-bond acceptors (Lipinski definition) is 5. The van der Waals surface area contributed by atoms with Gasteiger partial charge in [-0.15, -0.1) is 0 Å². The molecule has 3 heterocycles. The second-order valence-corrected chi connectivity index (χ2v) is 6.14. The van der Waals surface area contributed by atoms with E-state index in [0.29, 0.717) is 17.5 Å². The first-order valence-corrected chi connectivity index (χ1v) is 7.76. The van der Waals surface area contributed by atoms with Gasteiger partial charge < -0.3 is 20.0 Å². The molecule has 2 aliphatic rings. The molecule has 2 saturated heterocycles. The molecule has 1 aromatic heterocycles. The van der Waals surface area contributed by atoms with Crippen LogP contribution >= 0.6 is 0 Å². The van der Waals surface area contributed by atoms with Gasteiger partial charge in [-0.25, -0.2) is 0 Å². The maximum Gasteiger partial charge on any atom is 0.290 e. The number of amides is 1. The Bertz CT molecular complexity index is 552. The molecule has 2 fully saturated rings. The molecule has 7 nitrogen and oxygen atoms in total. The first-order chi connectivity index (χ1) is 11.0. The fourth-order valence-corrected chi connectivity index (χ4v) is 3.42. The number of carbonyl (C=O) groups is 2. The number of aromatic nitrogens is 1. The molecule has 0 aliphatic carbocycles. The van der Waals surface area contributed by atoms with Crippen LogP contribution in [0.1, 0.15) is 29.6 Å². The van der Waals surface area contributed by atoms with Crippen molar-refractivity contribution in [3.05, 3.63) is 24.0 Å². The average Bonchev–Trinajstić information content (AvgIpc) is 2.76. The normalized spacial score (nSPS) is 24.1. The predicted octanol–water partition coefficient (Wildman–Crippen LogP) is 1.04. The number of rotatable bonds is 1. The van der Waals surface area contributed by atoms with Gasteiger partial charge in [-0.1, -0.05) is 6.42 Å². The molecule has 3 rings (SSSR count). The van der Waals surface area contributed by atoms with E-state index in [9.17, 15) is 9.90 Å². The molecule has 0 aromatic carbocycles. The average molecular weight is 321 g/mol. The van der Waals surface area contributed by atoms with Crippen LogP contribution in [0.15, 0.2) is 18.5 Å². The molecule has 0 radical (unpaired) electrons. The quantitative estimate of drug-likeness (QED) is 0.751. The SMILES string of the molecule is CN1C[C@@H]2CCC[C@H]1CN(C(=O)c1cncc(O)c1)C2.O=CO. The number of likely N-dealkylation sites (tertiary alicyclic amines) is 1. The molecule has 7 heteroatoms. The van der Waals surface area contributed by atoms with Gasteiger partial charge in [-0.3, -0.25) is 14.6 Å². The molecule has 1 aromatic rings. The van der Waals surface area contributed by atoms with Crippen LogP contribution < -0.4 is 0 Å². The Kier molecular flexibility index (Phi) is 5.92. The minimum absolute atomic E-state index is 0.0133. The number of carboxylic acid groups (broad SMARTS) is 1. The third-order valence-electron chi connectivity index (χ3n) is 4.49. The first kappa shape index (κ1) is 17.2. The van der Waals surface area contributed by atoms with Crippen LogP contribution in [0.4, 0.5) is 0 Å². The van der Waals surface area contributed by atoms with Crippen molar-refractivity contribution in [3.8, 4) is 5.75 Å². The van der Waals surface area contributed by atoms with E-state index in [1.54, 1.807) is 0 Å². The third kappa shape index (κ3) is 4.41. The van der Waals surface area contributed by atoms with Gasteiger partial charge in [0.2, 0.25) is 0 Å². The summed E-state index contributed by atoms with van der Waals surface area (Å²) >= 11 is 0. The summed E-state index contributed by atoms with van der Waals surface area (Å²) in [6.45, 7) is 2.42. The van der Waals surface area contributed by atoms with Gasteiger partial charge in [0.15, 0.2) is 0 Å². The Labute approximate surface area is 135 Å². The molecule has 2 aliphatic heterocycles. The van der Waals surface area contributed by atoms with Crippen molar-refractivity contribution in [2.24, 2.45) is 5.92 Å². The van der Waals surface area contributed by atoms with Gasteiger partial charge in [0.25, 0.3) is 12.4 Å². The Morgan fingerprint density at radius 1 is 1.30 bits per heavy atom. The Morgan fingerprint density at radius 2 is 2.04 bits per heavy atom. The van der Waals surface area contributed by atoms with E-state index in [4.69, 9.17) is 9.90 Å². The van der Waals surface area contributed by atoms with Crippen molar-refractivity contribution in [2.75, 3.05) is 26.7 Å². The number of pyridine rings is 1. The minimum atomic E-state index is -0.250. The summed E-state index contributed by atoms with van der Waals surface area (Å²) in [5, 5.41) is 16.4. The lowest BCUT2D eigenvalue weighted by Gasteiger charge is -2.29. The monoisotopic (exact) mass is 321 g/mol. The fourth-order valence-electron chi connectivity index (χ4n) is 3.42. The standard InChI is InChI=1S/C15H21N3O2.CH2O2/c1-17-8-11-3-2-4-13(17)10-18(9-11)15(20)12-5-14(19)7-16-6-12;2-1-3/h5-7,11,13,19H,2-4,8-10H2,1H3;1H,(H,2,3)/t11-,13-;/m0./s1. The van der Waals surface area contributed by atoms with E-state index in [1.807, 2.05) is 4.90 Å². The van der Waals surface area contributed by atoms with E-state index in [2.05, 4.69) is 16.9 Å². The summed E-state index contributed by atoms with van der Waals surface area (Å²) in [4.78, 5) is 29.2. The van der Waals surface area contributed by atoms with E-state index in [-0.39, 0.29) is 18.1 Å². The highest BCUT2D eigenvalue weighted by atomic mass is 16.3. The zero-order valence-corrected chi connectivity index (χ0v) is 13.3. The van der Waals surface area contributed by atoms with Crippen molar-refractivity contribution in [3.63, 3.8) is 0 Å². The van der Waals surface area contributed by atoms with Gasteiger partial charge >= 0.3 is 0 Å². The third-order valence-corrected chi connectivity index (χ3v) is 4.49. The first-order valence-electron chi connectivity index (χ1n) is 7.76. The zero-order valence-electron chi connectivity index (χ0n) is 13.3. The van der Waals surface area contributed by atoms with Crippen LogP contribution in [0.25, 0.3) is 0 Å². The van der Waals surface area contributed by atoms with Crippen LogP contribution in [-0.4, -0.2) is 70.1 Å². The maximum atomic E-state index is 12.6. The molecule has 2 atom stereocenters. The molecule has 23 heavy (non-hydrogen) atoms. The number of aromatic hydroxyl groups is 1. The highest BCUT2D eigenvalue weighted by Gasteiger charge is 2.33. The van der Waals surface area contributed by atoms with Crippen LogP contribution in [0.3, 0.4) is 0 Å². The molecule has 2 bridgehead atoms. The molecular formula is C16H23N3O4. The summed E-state index contributed by atoms with van der Waals surface area (Å²) in [6, 6.07) is 1.96. The zero-order chi connectivity index (χ0) is 16.8. The number of fused-ring (bicyclic) bond motifs is 3.